The zero-order valence-corrected chi connectivity index (χ0v) is 26.2. The highest BCUT2D eigenvalue weighted by molar-refractivity contribution is 9.11. The maximum absolute atomic E-state index is 6.16. The Morgan fingerprint density at radius 3 is 1.34 bits per heavy atom. The Labute approximate surface area is 234 Å². The third-order valence-corrected chi connectivity index (χ3v) is 8.44. The first kappa shape index (κ1) is 30.4. The van der Waals surface area contributed by atoms with E-state index in [9.17, 15) is 0 Å². The second-order valence-electron chi connectivity index (χ2n) is 8.89. The molecule has 0 spiro atoms. The maximum Gasteiger partial charge on any atom is 0.134 e. The van der Waals surface area contributed by atoms with Gasteiger partial charge in [-0.1, -0.05) is 91.9 Å². The minimum Gasteiger partial charge on any atom is -0.492 e. The molecule has 0 bridgehead atoms. The van der Waals surface area contributed by atoms with Gasteiger partial charge < -0.3 is 9.47 Å². The molecule has 0 amide bonds. The zero-order chi connectivity index (χ0) is 25.5. The molecule has 0 unspecified atom stereocenters. The van der Waals surface area contributed by atoms with Crippen LogP contribution in [0.15, 0.2) is 33.2 Å². The lowest BCUT2D eigenvalue weighted by molar-refractivity contribution is 0.302. The highest BCUT2D eigenvalue weighted by Crippen LogP contribution is 2.43. The van der Waals surface area contributed by atoms with Crippen LogP contribution in [0.5, 0.6) is 11.5 Å². The Balaban J connectivity index is 0.00000210. The van der Waals surface area contributed by atoms with E-state index in [1.165, 1.54) is 84.4 Å². The molecule has 0 aliphatic rings. The smallest absolute Gasteiger partial charge is 0.134 e. The van der Waals surface area contributed by atoms with Crippen molar-refractivity contribution in [3.8, 4) is 11.5 Å². The van der Waals surface area contributed by atoms with Crippen LogP contribution in [0.1, 0.15) is 105 Å². The third kappa shape index (κ3) is 9.89. The molecule has 196 valence electrons. The first-order chi connectivity index (χ1) is 17.1. The van der Waals surface area contributed by atoms with Gasteiger partial charge in [-0.05, 0) is 69.0 Å². The molecule has 0 atom stereocenters. The first-order valence-corrected chi connectivity index (χ1v) is 16.1. The van der Waals surface area contributed by atoms with Crippen molar-refractivity contribution in [1.82, 2.24) is 0 Å². The Morgan fingerprint density at radius 1 is 0.571 bits per heavy atom. The zero-order valence-electron chi connectivity index (χ0n) is 22.2. The largest absolute Gasteiger partial charge is 0.492 e. The quantitative estimate of drug-likeness (QED) is 0.147. The summed E-state index contributed by atoms with van der Waals surface area (Å²) in [7, 11) is 0. The molecule has 1 heterocycles. The van der Waals surface area contributed by atoms with Gasteiger partial charge in [0, 0.05) is 20.2 Å². The number of thiophene rings is 1. The predicted octanol–water partition coefficient (Wildman–Crippen LogP) is 12.1. The lowest BCUT2D eigenvalue weighted by atomic mass is 10.1. The Kier molecular flexibility index (Phi) is 15.3. The normalized spacial score (nSPS) is 11.0. The van der Waals surface area contributed by atoms with E-state index < -0.39 is 0 Å². The van der Waals surface area contributed by atoms with Gasteiger partial charge >= 0.3 is 0 Å². The topological polar surface area (TPSA) is 18.5 Å². The van der Waals surface area contributed by atoms with Gasteiger partial charge in [-0.25, -0.2) is 0 Å². The fourth-order valence-electron chi connectivity index (χ4n) is 4.13. The van der Waals surface area contributed by atoms with Crippen LogP contribution in [0.2, 0.25) is 0 Å². The summed E-state index contributed by atoms with van der Waals surface area (Å²) < 4.78 is 16.9. The predicted molar refractivity (Wildman–Crippen MR) is 164 cm³/mol. The molecule has 2 aromatic carbocycles. The average molecular weight is 629 g/mol. The van der Waals surface area contributed by atoms with Gasteiger partial charge in [0.25, 0.3) is 0 Å². The first-order valence-electron chi connectivity index (χ1n) is 13.7. The van der Waals surface area contributed by atoms with Crippen molar-refractivity contribution >= 4 is 63.4 Å². The molecule has 3 aromatic rings. The number of hydrogen-bond acceptors (Lipinski definition) is 3. The van der Waals surface area contributed by atoms with Crippen molar-refractivity contribution in [2.24, 2.45) is 0 Å². The Hall–Kier alpha value is -0.780. The molecule has 0 saturated heterocycles. The SMILES string of the molecule is CC.CCCCCCCCOc1cc2c(cc1Br)sc1cc(Br)c(OCCCCCCCC)cc12. The molecule has 3 rings (SSSR count). The molecule has 0 fully saturated rings. The molecular formula is C30H44Br2O2S. The summed E-state index contributed by atoms with van der Waals surface area (Å²) in [6.07, 6.45) is 15.3. The highest BCUT2D eigenvalue weighted by Gasteiger charge is 2.13. The minimum atomic E-state index is 0.774. The van der Waals surface area contributed by atoms with Crippen molar-refractivity contribution in [2.45, 2.75) is 105 Å². The van der Waals surface area contributed by atoms with Gasteiger partial charge in [0.05, 0.1) is 22.2 Å². The van der Waals surface area contributed by atoms with E-state index in [0.29, 0.717) is 0 Å². The van der Waals surface area contributed by atoms with Gasteiger partial charge in [0.2, 0.25) is 0 Å². The second kappa shape index (κ2) is 17.6. The van der Waals surface area contributed by atoms with E-state index in [0.717, 1.165) is 46.5 Å². The molecule has 0 saturated carbocycles. The molecule has 35 heavy (non-hydrogen) atoms. The molecule has 5 heteroatoms. The lowest BCUT2D eigenvalue weighted by Gasteiger charge is -2.10. The second-order valence-corrected chi connectivity index (χ2v) is 11.7. The number of halogens is 2. The number of ether oxygens (including phenoxy) is 2. The number of rotatable bonds is 16. The third-order valence-electron chi connectivity index (χ3n) is 6.09. The molecule has 0 N–H and O–H groups in total. The van der Waals surface area contributed by atoms with Crippen LogP contribution in [0.4, 0.5) is 0 Å². The monoisotopic (exact) mass is 626 g/mol. The highest BCUT2D eigenvalue weighted by atomic mass is 79.9. The van der Waals surface area contributed by atoms with Gasteiger partial charge in [0.1, 0.15) is 11.5 Å². The van der Waals surface area contributed by atoms with E-state index in [4.69, 9.17) is 9.47 Å². The van der Waals surface area contributed by atoms with Crippen molar-refractivity contribution in [3.05, 3.63) is 33.2 Å². The lowest BCUT2D eigenvalue weighted by Crippen LogP contribution is -1.98. The maximum atomic E-state index is 6.16. The summed E-state index contributed by atoms with van der Waals surface area (Å²) in [5.74, 6) is 1.88. The van der Waals surface area contributed by atoms with E-state index in [1.807, 2.05) is 25.2 Å². The van der Waals surface area contributed by atoms with Crippen LogP contribution in [-0.2, 0) is 0 Å². The van der Waals surface area contributed by atoms with Crippen molar-refractivity contribution in [3.63, 3.8) is 0 Å². The van der Waals surface area contributed by atoms with E-state index >= 15 is 0 Å². The molecule has 0 aliphatic heterocycles. The van der Waals surface area contributed by atoms with Crippen LogP contribution < -0.4 is 9.47 Å². The summed E-state index contributed by atoms with van der Waals surface area (Å²) in [5, 5.41) is 2.49. The number of unbranched alkanes of at least 4 members (excludes halogenated alkanes) is 10. The van der Waals surface area contributed by atoms with Gasteiger partial charge in [-0.15, -0.1) is 11.3 Å². The van der Waals surface area contributed by atoms with Crippen LogP contribution in [0.25, 0.3) is 20.2 Å². The molecule has 0 radical (unpaired) electrons. The summed E-state index contributed by atoms with van der Waals surface area (Å²) in [5.41, 5.74) is 0. The van der Waals surface area contributed by atoms with Gasteiger partial charge in [0.15, 0.2) is 0 Å². The number of hydrogen-bond donors (Lipinski definition) is 0. The van der Waals surface area contributed by atoms with Crippen molar-refractivity contribution in [2.75, 3.05) is 13.2 Å². The summed E-state index contributed by atoms with van der Waals surface area (Å²) in [6, 6.07) is 8.78. The van der Waals surface area contributed by atoms with Crippen LogP contribution >= 0.6 is 43.2 Å². The number of benzene rings is 2. The van der Waals surface area contributed by atoms with E-state index in [-0.39, 0.29) is 0 Å². The van der Waals surface area contributed by atoms with Crippen molar-refractivity contribution < 1.29 is 9.47 Å². The summed E-state index contributed by atoms with van der Waals surface area (Å²) in [6.45, 7) is 10.1. The number of fused-ring (bicyclic) bond motifs is 3. The Bertz CT molecular complexity index is 921. The average Bonchev–Trinajstić information content (AvgIpc) is 3.19. The molecule has 1 aromatic heterocycles. The van der Waals surface area contributed by atoms with Crippen LogP contribution in [0.3, 0.4) is 0 Å². The standard InChI is InChI=1S/C28H38Br2O2S.C2H6/c1-3-5-7-9-11-13-15-31-25-17-21-22-18-26(32-16-14-12-10-8-6-4-2)24(30)20-28(22)33-27(21)19-23(25)29;1-2/h17-20H,3-16H2,1-2H3;1-2H3. The molecule has 0 aliphatic carbocycles. The van der Waals surface area contributed by atoms with E-state index in [2.05, 4.69) is 70.0 Å². The summed E-state index contributed by atoms with van der Waals surface area (Å²) >= 11 is 9.25. The van der Waals surface area contributed by atoms with E-state index in [1.54, 1.807) is 0 Å². The fourth-order valence-corrected chi connectivity index (χ4v) is 6.50. The van der Waals surface area contributed by atoms with Crippen LogP contribution in [0, 0.1) is 0 Å². The van der Waals surface area contributed by atoms with Crippen LogP contribution in [-0.4, -0.2) is 13.2 Å². The van der Waals surface area contributed by atoms with Gasteiger partial charge in [-0.2, -0.15) is 0 Å². The molecule has 2 nitrogen and oxygen atoms in total. The van der Waals surface area contributed by atoms with Gasteiger partial charge in [-0.3, -0.25) is 0 Å². The molecular weight excluding hydrogens is 584 g/mol. The minimum absolute atomic E-state index is 0.774. The van der Waals surface area contributed by atoms with Crippen molar-refractivity contribution in [1.29, 1.82) is 0 Å². The summed E-state index contributed by atoms with van der Waals surface area (Å²) in [4.78, 5) is 0. The Morgan fingerprint density at radius 2 is 0.943 bits per heavy atom. The fraction of sp³-hybridized carbons (Fsp3) is 0.600.